The van der Waals surface area contributed by atoms with E-state index in [0.717, 1.165) is 11.4 Å². The highest BCUT2D eigenvalue weighted by atomic mass is 16.6. The fourth-order valence-corrected chi connectivity index (χ4v) is 1.81. The number of rotatable bonds is 3. The topological polar surface area (TPSA) is 82.2 Å². The van der Waals surface area contributed by atoms with E-state index in [-0.39, 0.29) is 11.5 Å². The Morgan fingerprint density at radius 1 is 1.38 bits per heavy atom. The molecule has 0 saturated carbocycles. The number of hydrogen-bond donors (Lipinski definition) is 2. The van der Waals surface area contributed by atoms with Gasteiger partial charge in [0.2, 0.25) is 0 Å². The summed E-state index contributed by atoms with van der Waals surface area (Å²) in [5, 5.41) is 7.17. The molecular weight excluding hydrogens is 268 g/mol. The molecule has 0 saturated heterocycles. The fourth-order valence-electron chi connectivity index (χ4n) is 1.81. The first-order chi connectivity index (χ1) is 9.40. The van der Waals surface area contributed by atoms with Gasteiger partial charge < -0.3 is 15.8 Å². The van der Waals surface area contributed by atoms with Crippen molar-refractivity contribution in [3.8, 4) is 0 Å². The molecule has 1 rings (SSSR count). The molecule has 1 atom stereocenters. The molecule has 3 N–H and O–H groups in total. The van der Waals surface area contributed by atoms with Gasteiger partial charge in [0, 0.05) is 19.0 Å². The van der Waals surface area contributed by atoms with Crippen LogP contribution in [-0.2, 0) is 17.2 Å². The van der Waals surface area contributed by atoms with Gasteiger partial charge in [-0.25, -0.2) is 4.79 Å². The average Bonchev–Trinajstić information content (AvgIpc) is 2.65. The molecule has 0 radical (unpaired) electrons. The third-order valence-electron chi connectivity index (χ3n) is 2.93. The highest BCUT2D eigenvalue weighted by Crippen LogP contribution is 2.23. The average molecular weight is 296 g/mol. The molecule has 0 aromatic carbocycles. The second-order valence-electron chi connectivity index (χ2n) is 7.32. The molecular formula is C15H28N4O2. The van der Waals surface area contributed by atoms with Gasteiger partial charge in [-0.1, -0.05) is 20.8 Å². The van der Waals surface area contributed by atoms with E-state index in [0.29, 0.717) is 6.54 Å². The van der Waals surface area contributed by atoms with Crippen LogP contribution in [0.4, 0.5) is 4.79 Å². The number of carbonyl (C=O) groups is 1. The van der Waals surface area contributed by atoms with Crippen molar-refractivity contribution >= 4 is 6.09 Å². The maximum atomic E-state index is 11.6. The summed E-state index contributed by atoms with van der Waals surface area (Å²) in [5.74, 6) is 0. The van der Waals surface area contributed by atoms with Crippen molar-refractivity contribution in [2.45, 2.75) is 58.6 Å². The van der Waals surface area contributed by atoms with Crippen LogP contribution < -0.4 is 11.1 Å². The van der Waals surface area contributed by atoms with Crippen LogP contribution in [0.15, 0.2) is 6.07 Å². The lowest BCUT2D eigenvalue weighted by atomic mass is 9.92. The van der Waals surface area contributed by atoms with Gasteiger partial charge in [-0.05, 0) is 26.8 Å². The summed E-state index contributed by atoms with van der Waals surface area (Å²) in [4.78, 5) is 11.6. The summed E-state index contributed by atoms with van der Waals surface area (Å²) in [6, 6.07) is 1.66. The number of ether oxygens (including phenoxy) is 1. The Hall–Kier alpha value is -1.56. The molecule has 1 aromatic rings. The zero-order valence-corrected chi connectivity index (χ0v) is 14.2. The van der Waals surface area contributed by atoms with Crippen molar-refractivity contribution in [2.75, 3.05) is 6.54 Å². The van der Waals surface area contributed by atoms with E-state index in [9.17, 15) is 4.79 Å². The minimum absolute atomic E-state index is 0.0334. The van der Waals surface area contributed by atoms with Crippen molar-refractivity contribution in [2.24, 2.45) is 12.8 Å². The largest absolute Gasteiger partial charge is 0.444 e. The number of aromatic nitrogens is 2. The standard InChI is InChI=1S/C15H28N4O2/c1-14(2,3)12-8-11(19(7)18-12)10(16)9-17-13(20)21-15(4,5)6/h8,10H,9,16H2,1-7H3,(H,17,20). The smallest absolute Gasteiger partial charge is 0.407 e. The van der Waals surface area contributed by atoms with E-state index < -0.39 is 11.7 Å². The van der Waals surface area contributed by atoms with Crippen LogP contribution >= 0.6 is 0 Å². The molecule has 120 valence electrons. The zero-order chi connectivity index (χ0) is 16.4. The molecule has 21 heavy (non-hydrogen) atoms. The molecule has 6 nitrogen and oxygen atoms in total. The van der Waals surface area contributed by atoms with Crippen LogP contribution in [0.1, 0.15) is 59.0 Å². The van der Waals surface area contributed by atoms with E-state index in [4.69, 9.17) is 10.5 Å². The number of amides is 1. The number of nitrogens with one attached hydrogen (secondary N) is 1. The molecule has 0 spiro atoms. The van der Waals surface area contributed by atoms with Crippen molar-refractivity contribution in [3.05, 3.63) is 17.5 Å². The molecule has 0 bridgehead atoms. The van der Waals surface area contributed by atoms with Crippen molar-refractivity contribution in [1.29, 1.82) is 0 Å². The summed E-state index contributed by atoms with van der Waals surface area (Å²) < 4.78 is 6.95. The van der Waals surface area contributed by atoms with E-state index in [1.54, 1.807) is 4.68 Å². The Balaban J connectivity index is 2.66. The van der Waals surface area contributed by atoms with Crippen molar-refractivity contribution in [3.63, 3.8) is 0 Å². The van der Waals surface area contributed by atoms with Gasteiger partial charge in [0.05, 0.1) is 17.4 Å². The van der Waals surface area contributed by atoms with E-state index in [1.807, 2.05) is 33.9 Å². The lowest BCUT2D eigenvalue weighted by molar-refractivity contribution is 0.0524. The third kappa shape index (κ3) is 5.38. The van der Waals surface area contributed by atoms with Gasteiger partial charge in [-0.2, -0.15) is 5.10 Å². The number of alkyl carbamates (subject to hydrolysis) is 1. The van der Waals surface area contributed by atoms with E-state index in [1.165, 1.54) is 0 Å². The first-order valence-corrected chi connectivity index (χ1v) is 7.17. The van der Waals surface area contributed by atoms with Crippen LogP contribution in [0.3, 0.4) is 0 Å². The van der Waals surface area contributed by atoms with Gasteiger partial charge in [0.1, 0.15) is 5.60 Å². The summed E-state index contributed by atoms with van der Waals surface area (Å²) in [7, 11) is 1.86. The molecule has 1 aromatic heterocycles. The molecule has 6 heteroatoms. The lowest BCUT2D eigenvalue weighted by Gasteiger charge is -2.20. The van der Waals surface area contributed by atoms with Crippen LogP contribution in [0.2, 0.25) is 0 Å². The Labute approximate surface area is 127 Å². The van der Waals surface area contributed by atoms with Crippen LogP contribution in [0, 0.1) is 0 Å². The highest BCUT2D eigenvalue weighted by Gasteiger charge is 2.22. The number of nitrogens with zero attached hydrogens (tertiary/aromatic N) is 2. The maximum Gasteiger partial charge on any atom is 0.407 e. The number of hydrogen-bond acceptors (Lipinski definition) is 4. The van der Waals surface area contributed by atoms with Crippen molar-refractivity contribution in [1.82, 2.24) is 15.1 Å². The monoisotopic (exact) mass is 296 g/mol. The normalized spacial score (nSPS) is 13.9. The molecule has 0 aliphatic rings. The third-order valence-corrected chi connectivity index (χ3v) is 2.93. The van der Waals surface area contributed by atoms with Crippen LogP contribution in [0.25, 0.3) is 0 Å². The molecule has 1 heterocycles. The van der Waals surface area contributed by atoms with E-state index in [2.05, 4.69) is 31.2 Å². The summed E-state index contributed by atoms with van der Waals surface area (Å²) in [6.07, 6.45) is -0.462. The van der Waals surface area contributed by atoms with Crippen molar-refractivity contribution < 1.29 is 9.53 Å². The quantitative estimate of drug-likeness (QED) is 0.896. The molecule has 0 aliphatic carbocycles. The fraction of sp³-hybridized carbons (Fsp3) is 0.733. The first-order valence-electron chi connectivity index (χ1n) is 7.17. The highest BCUT2D eigenvalue weighted by molar-refractivity contribution is 5.67. The van der Waals surface area contributed by atoms with Gasteiger partial charge in [-0.15, -0.1) is 0 Å². The van der Waals surface area contributed by atoms with Gasteiger partial charge in [-0.3, -0.25) is 4.68 Å². The van der Waals surface area contributed by atoms with Gasteiger partial charge in [0.25, 0.3) is 0 Å². The summed E-state index contributed by atoms with van der Waals surface area (Å²) in [6.45, 7) is 12.1. The number of aryl methyl sites for hydroxylation is 1. The molecule has 0 aliphatic heterocycles. The Kier molecular flexibility index (Phi) is 5.04. The maximum absolute atomic E-state index is 11.6. The van der Waals surface area contributed by atoms with Gasteiger partial charge in [0.15, 0.2) is 0 Å². The Morgan fingerprint density at radius 3 is 2.38 bits per heavy atom. The second kappa shape index (κ2) is 6.05. The SMILES string of the molecule is Cn1nc(C(C)(C)C)cc1C(N)CNC(=O)OC(C)(C)C. The minimum Gasteiger partial charge on any atom is -0.444 e. The number of nitrogens with two attached hydrogens (primary N) is 1. The number of carbonyl (C=O) groups excluding carboxylic acids is 1. The molecule has 1 unspecified atom stereocenters. The van der Waals surface area contributed by atoms with Crippen LogP contribution in [0.5, 0.6) is 0 Å². The predicted molar refractivity (Wildman–Crippen MR) is 83.1 cm³/mol. The Morgan fingerprint density at radius 2 is 1.95 bits per heavy atom. The first kappa shape index (κ1) is 17.5. The molecule has 1 amide bonds. The zero-order valence-electron chi connectivity index (χ0n) is 14.2. The van der Waals surface area contributed by atoms with E-state index >= 15 is 0 Å². The minimum atomic E-state index is -0.514. The summed E-state index contributed by atoms with van der Waals surface area (Å²) in [5.41, 5.74) is 7.45. The second-order valence-corrected chi connectivity index (χ2v) is 7.32. The molecule has 0 fully saturated rings. The predicted octanol–water partition coefficient (Wildman–Crippen LogP) is 2.24. The lowest BCUT2D eigenvalue weighted by Crippen LogP contribution is -2.37. The summed E-state index contributed by atoms with van der Waals surface area (Å²) >= 11 is 0. The van der Waals surface area contributed by atoms with Gasteiger partial charge >= 0.3 is 6.09 Å². The van der Waals surface area contributed by atoms with Crippen LogP contribution in [-0.4, -0.2) is 28.0 Å². The Bertz CT molecular complexity index is 495.